The van der Waals surface area contributed by atoms with Gasteiger partial charge in [0.15, 0.2) is 0 Å². The lowest BCUT2D eigenvalue weighted by Gasteiger charge is -2.60. The van der Waals surface area contributed by atoms with Crippen LogP contribution >= 0.6 is 22.2 Å². The Morgan fingerprint density at radius 3 is 2.61 bits per heavy atom. The second kappa shape index (κ2) is 7.44. The Balaban J connectivity index is 1.67. The predicted octanol–water partition coefficient (Wildman–Crippen LogP) is 4.69. The topological polar surface area (TPSA) is 121 Å². The first-order valence-electron chi connectivity index (χ1n) is 9.82. The quantitative estimate of drug-likeness (QED) is 0.522. The van der Waals surface area contributed by atoms with Crippen LogP contribution in [0.15, 0.2) is 35.5 Å². The number of carbonyl (C=O) groups is 1. The Morgan fingerprint density at radius 2 is 2.03 bits per heavy atom. The first-order chi connectivity index (χ1) is 14.5. The summed E-state index contributed by atoms with van der Waals surface area (Å²) in [7, 11) is -3.13. The Kier molecular flexibility index (Phi) is 5.28. The zero-order chi connectivity index (χ0) is 22.6. The van der Waals surface area contributed by atoms with Crippen molar-refractivity contribution in [1.82, 2.24) is 4.98 Å². The summed E-state index contributed by atoms with van der Waals surface area (Å²) in [6.45, 7) is 3.33. The molecule has 4 rings (SSSR count). The Labute approximate surface area is 186 Å². The second-order valence-electron chi connectivity index (χ2n) is 8.40. The highest BCUT2D eigenvalue weighted by Gasteiger charge is 2.57. The molecule has 2 heterocycles. The summed E-state index contributed by atoms with van der Waals surface area (Å²) in [5.41, 5.74) is 6.15. The summed E-state index contributed by atoms with van der Waals surface area (Å²) in [5, 5.41) is 3.12. The molecule has 1 aromatic carbocycles. The van der Waals surface area contributed by atoms with Gasteiger partial charge in [-0.3, -0.25) is 18.9 Å². The van der Waals surface area contributed by atoms with Gasteiger partial charge in [0.2, 0.25) is 0 Å². The molecule has 0 radical (unpaired) electrons. The van der Waals surface area contributed by atoms with E-state index < -0.39 is 32.6 Å². The van der Waals surface area contributed by atoms with Crippen molar-refractivity contribution in [3.63, 3.8) is 0 Å². The van der Waals surface area contributed by atoms with Gasteiger partial charge in [-0.1, -0.05) is 11.6 Å². The zero-order valence-corrected chi connectivity index (χ0v) is 18.7. The third-order valence-corrected chi connectivity index (χ3v) is 9.21. The third-order valence-electron chi connectivity index (χ3n) is 6.17. The zero-order valence-electron chi connectivity index (χ0n) is 17.2. The lowest BCUT2D eigenvalue weighted by molar-refractivity contribution is 0.102. The van der Waals surface area contributed by atoms with Gasteiger partial charge < -0.3 is 11.1 Å². The number of anilines is 1. The first kappa shape index (κ1) is 22.0. The number of benzene rings is 1. The molecule has 1 aliphatic heterocycles. The third kappa shape index (κ3) is 3.59. The maximum atomic E-state index is 14.8. The summed E-state index contributed by atoms with van der Waals surface area (Å²) < 4.78 is 35.7. The molecular formula is C21H24ClFN4O3S. The van der Waals surface area contributed by atoms with E-state index in [0.29, 0.717) is 29.1 Å². The van der Waals surface area contributed by atoms with Gasteiger partial charge in [-0.15, -0.1) is 0 Å². The van der Waals surface area contributed by atoms with Crippen molar-refractivity contribution in [3.05, 3.63) is 58.1 Å². The molecule has 1 aliphatic carbocycles. The van der Waals surface area contributed by atoms with E-state index in [-0.39, 0.29) is 22.8 Å². The lowest BCUT2D eigenvalue weighted by Crippen LogP contribution is -2.59. The molecule has 1 amide bonds. The highest BCUT2D eigenvalue weighted by Crippen LogP contribution is 2.66. The molecule has 2 aromatic rings. The van der Waals surface area contributed by atoms with Crippen molar-refractivity contribution in [2.24, 2.45) is 10.7 Å². The number of aryl methyl sites for hydroxylation is 1. The minimum atomic E-state index is -3.13. The molecule has 0 bridgehead atoms. The van der Waals surface area contributed by atoms with E-state index in [2.05, 4.69) is 15.3 Å². The van der Waals surface area contributed by atoms with Crippen LogP contribution in [0.2, 0.25) is 5.02 Å². The van der Waals surface area contributed by atoms with E-state index in [1.807, 2.05) is 0 Å². The molecule has 5 N–H and O–H groups in total. The van der Waals surface area contributed by atoms with E-state index in [9.17, 15) is 18.3 Å². The number of hydrogen-bond acceptors (Lipinski definition) is 6. The molecule has 7 nitrogen and oxygen atoms in total. The standard InChI is InChI=1S/C21H24ClFN4O3S/c1-12-8-13(22)10-25-17(12)18(28)26-14-4-5-16(23)15(9-14)20(2)11-31(29,30)21(6-3-7-21)19(24)27-20/h4-5,8-10,29-30H,3,6-7,11H2,1-2H3,(H2,24,27)(H,26,28). The van der Waals surface area contributed by atoms with Crippen LogP contribution in [0.4, 0.5) is 10.1 Å². The Hall–Kier alpha value is -2.20. The van der Waals surface area contributed by atoms with Crippen LogP contribution in [-0.2, 0) is 5.54 Å². The lowest BCUT2D eigenvalue weighted by atomic mass is 9.82. The predicted molar refractivity (Wildman–Crippen MR) is 122 cm³/mol. The first-order valence-corrected chi connectivity index (χ1v) is 11.9. The highest BCUT2D eigenvalue weighted by atomic mass is 35.5. The molecule has 1 spiro atoms. The molecular weight excluding hydrogens is 443 g/mol. The van der Waals surface area contributed by atoms with Crippen LogP contribution < -0.4 is 11.1 Å². The summed E-state index contributed by atoms with van der Waals surface area (Å²) in [4.78, 5) is 21.2. The van der Waals surface area contributed by atoms with E-state index >= 15 is 0 Å². The summed E-state index contributed by atoms with van der Waals surface area (Å²) in [6.07, 6.45) is 3.34. The molecule has 1 atom stereocenters. The number of aromatic nitrogens is 1. The Morgan fingerprint density at radius 1 is 1.32 bits per heavy atom. The fourth-order valence-electron chi connectivity index (χ4n) is 4.30. The van der Waals surface area contributed by atoms with Crippen LogP contribution in [0.1, 0.15) is 47.8 Å². The molecule has 1 aromatic heterocycles. The molecule has 2 aliphatic rings. The van der Waals surface area contributed by atoms with Gasteiger partial charge in [-0.05, 0) is 62.9 Å². The van der Waals surface area contributed by atoms with Gasteiger partial charge >= 0.3 is 0 Å². The summed E-state index contributed by atoms with van der Waals surface area (Å²) in [6, 6.07) is 5.71. The molecule has 166 valence electrons. The Bertz CT molecular complexity index is 1110. The maximum Gasteiger partial charge on any atom is 0.274 e. The largest absolute Gasteiger partial charge is 0.386 e. The van der Waals surface area contributed by atoms with Crippen molar-refractivity contribution in [1.29, 1.82) is 0 Å². The highest BCUT2D eigenvalue weighted by molar-refractivity contribution is 8.26. The van der Waals surface area contributed by atoms with Gasteiger partial charge in [0, 0.05) is 17.4 Å². The number of amidine groups is 1. The van der Waals surface area contributed by atoms with Crippen LogP contribution in [0.3, 0.4) is 0 Å². The molecule has 10 heteroatoms. The number of nitrogens with two attached hydrogens (primary N) is 1. The van der Waals surface area contributed by atoms with Gasteiger partial charge in [0.1, 0.15) is 27.6 Å². The molecule has 31 heavy (non-hydrogen) atoms. The molecule has 1 saturated carbocycles. The van der Waals surface area contributed by atoms with Crippen molar-refractivity contribution < 1.29 is 18.3 Å². The molecule has 1 fully saturated rings. The minimum absolute atomic E-state index is 0.128. The van der Waals surface area contributed by atoms with Crippen molar-refractivity contribution in [2.45, 2.75) is 43.4 Å². The van der Waals surface area contributed by atoms with Gasteiger partial charge in [0.25, 0.3) is 5.91 Å². The van der Waals surface area contributed by atoms with E-state index in [1.54, 1.807) is 19.9 Å². The normalized spacial score (nSPS) is 24.8. The molecule has 1 unspecified atom stereocenters. The van der Waals surface area contributed by atoms with E-state index in [1.165, 1.54) is 24.4 Å². The van der Waals surface area contributed by atoms with Crippen LogP contribution in [0.25, 0.3) is 0 Å². The maximum absolute atomic E-state index is 14.8. The monoisotopic (exact) mass is 466 g/mol. The number of pyridine rings is 1. The number of aliphatic imine (C=N–C) groups is 1. The average Bonchev–Trinajstić information content (AvgIpc) is 2.60. The summed E-state index contributed by atoms with van der Waals surface area (Å²) in [5.74, 6) is -1.02. The fraction of sp³-hybridized carbons (Fsp3) is 0.381. The van der Waals surface area contributed by atoms with Crippen LogP contribution in [0, 0.1) is 12.7 Å². The number of rotatable bonds is 3. The smallest absolute Gasteiger partial charge is 0.274 e. The number of amides is 1. The molecule has 0 saturated heterocycles. The van der Waals surface area contributed by atoms with Crippen molar-refractivity contribution in [2.75, 3.05) is 11.1 Å². The second-order valence-corrected chi connectivity index (χ2v) is 11.2. The minimum Gasteiger partial charge on any atom is -0.386 e. The fourth-order valence-corrected chi connectivity index (χ4v) is 7.12. The van der Waals surface area contributed by atoms with Gasteiger partial charge in [-0.25, -0.2) is 9.37 Å². The van der Waals surface area contributed by atoms with E-state index in [4.69, 9.17) is 17.3 Å². The summed E-state index contributed by atoms with van der Waals surface area (Å²) >= 11 is 5.89. The number of carbonyl (C=O) groups excluding carboxylic acids is 1. The van der Waals surface area contributed by atoms with E-state index in [0.717, 1.165) is 6.42 Å². The number of nitrogens with one attached hydrogen (secondary N) is 1. The number of halogens is 2. The van der Waals surface area contributed by atoms with Gasteiger partial charge in [0.05, 0.1) is 10.8 Å². The van der Waals surface area contributed by atoms with Crippen LogP contribution in [-0.4, -0.2) is 36.3 Å². The van der Waals surface area contributed by atoms with Crippen molar-refractivity contribution >= 4 is 39.6 Å². The number of hydrogen-bond donors (Lipinski definition) is 4. The average molecular weight is 467 g/mol. The number of nitrogens with zero attached hydrogens (tertiary/aromatic N) is 2. The van der Waals surface area contributed by atoms with Gasteiger partial charge in [-0.2, -0.15) is 10.6 Å². The van der Waals surface area contributed by atoms with Crippen LogP contribution in [0.5, 0.6) is 0 Å². The van der Waals surface area contributed by atoms with Crippen molar-refractivity contribution in [3.8, 4) is 0 Å². The SMILES string of the molecule is Cc1cc(Cl)cnc1C(=O)Nc1ccc(F)c(C2(C)CS(O)(O)C3(CCC3)C(N)=N2)c1.